The third kappa shape index (κ3) is 6.03. The van der Waals surface area contributed by atoms with Gasteiger partial charge < -0.3 is 19.9 Å². The molecule has 3 aromatic rings. The number of nitrogens with zero attached hydrogens (tertiary/aromatic N) is 1. The summed E-state index contributed by atoms with van der Waals surface area (Å²) in [6, 6.07) is 16.0. The number of anilines is 1. The van der Waals surface area contributed by atoms with Crippen LogP contribution in [-0.4, -0.2) is 35.3 Å². The monoisotopic (exact) mass is 414 g/mol. The van der Waals surface area contributed by atoms with Crippen LogP contribution in [0.2, 0.25) is 0 Å². The van der Waals surface area contributed by atoms with E-state index in [1.54, 1.807) is 36.4 Å². The van der Waals surface area contributed by atoms with Crippen LogP contribution in [0.1, 0.15) is 9.67 Å². The van der Waals surface area contributed by atoms with E-state index in [-0.39, 0.29) is 24.8 Å². The third-order valence-corrected chi connectivity index (χ3v) is 4.64. The maximum atomic E-state index is 12.0. The largest absolute Gasteiger partial charge is 0.491 e. The molecular weight excluding hydrogens is 396 g/mol. The number of aliphatic hydroxyl groups is 1. The van der Waals surface area contributed by atoms with E-state index in [0.29, 0.717) is 22.1 Å². The van der Waals surface area contributed by atoms with Gasteiger partial charge in [0.15, 0.2) is 0 Å². The van der Waals surface area contributed by atoms with E-state index >= 15 is 0 Å². The lowest BCUT2D eigenvalue weighted by molar-refractivity contribution is -0.384. The predicted octanol–water partition coefficient (Wildman–Crippen LogP) is 3.73. The smallest absolute Gasteiger partial charge is 0.273 e. The molecule has 3 rings (SSSR count). The highest BCUT2D eigenvalue weighted by atomic mass is 32.1. The zero-order valence-corrected chi connectivity index (χ0v) is 16.0. The van der Waals surface area contributed by atoms with Gasteiger partial charge in [0.2, 0.25) is 0 Å². The van der Waals surface area contributed by atoms with Gasteiger partial charge in [-0.25, -0.2) is 0 Å². The summed E-state index contributed by atoms with van der Waals surface area (Å²) in [5.74, 6) is 0.639. The summed E-state index contributed by atoms with van der Waals surface area (Å²) in [5.41, 5.74) is 0.546. The first-order valence-electron chi connectivity index (χ1n) is 8.64. The minimum atomic E-state index is -0.924. The lowest BCUT2D eigenvalue weighted by Gasteiger charge is -2.14. The van der Waals surface area contributed by atoms with Crippen molar-refractivity contribution in [3.63, 3.8) is 0 Å². The number of nitro benzene ring substituents is 1. The fraction of sp³-hybridized carbons (Fsp3) is 0.150. The van der Waals surface area contributed by atoms with Crippen LogP contribution in [0.15, 0.2) is 66.0 Å². The standard InChI is InChI=1S/C20H18N2O6S/c23-16(13-28-18-4-1-3-15(11-18)22(25)26)12-27-17-8-6-14(7-9-17)21-20(24)19-5-2-10-29-19/h1-11,16,23H,12-13H2,(H,21,24). The molecule has 29 heavy (non-hydrogen) atoms. The summed E-state index contributed by atoms with van der Waals surface area (Å²) in [7, 11) is 0. The molecule has 0 aliphatic carbocycles. The van der Waals surface area contributed by atoms with E-state index in [9.17, 15) is 20.0 Å². The van der Waals surface area contributed by atoms with Crippen molar-refractivity contribution in [2.75, 3.05) is 18.5 Å². The number of aliphatic hydroxyl groups excluding tert-OH is 1. The molecule has 0 saturated heterocycles. The maximum Gasteiger partial charge on any atom is 0.273 e. The van der Waals surface area contributed by atoms with Crippen LogP contribution in [-0.2, 0) is 0 Å². The van der Waals surface area contributed by atoms with Gasteiger partial charge in [0.25, 0.3) is 11.6 Å². The highest BCUT2D eigenvalue weighted by Crippen LogP contribution is 2.20. The minimum absolute atomic E-state index is 0.0180. The van der Waals surface area contributed by atoms with Crippen molar-refractivity contribution in [3.8, 4) is 11.5 Å². The number of ether oxygens (including phenoxy) is 2. The Hall–Kier alpha value is -3.43. The average Bonchev–Trinajstić information content (AvgIpc) is 3.27. The van der Waals surface area contributed by atoms with Crippen molar-refractivity contribution in [2.24, 2.45) is 0 Å². The van der Waals surface area contributed by atoms with Crippen molar-refractivity contribution < 1.29 is 24.3 Å². The lowest BCUT2D eigenvalue weighted by atomic mass is 10.3. The number of thiophene rings is 1. The summed E-state index contributed by atoms with van der Waals surface area (Å²) in [6.07, 6.45) is -0.924. The zero-order chi connectivity index (χ0) is 20.6. The van der Waals surface area contributed by atoms with Gasteiger partial charge in [0.1, 0.15) is 30.8 Å². The predicted molar refractivity (Wildman–Crippen MR) is 109 cm³/mol. The number of hydrogen-bond acceptors (Lipinski definition) is 7. The summed E-state index contributed by atoms with van der Waals surface area (Å²) in [5, 5.41) is 25.4. The van der Waals surface area contributed by atoms with E-state index in [2.05, 4.69) is 5.32 Å². The van der Waals surface area contributed by atoms with E-state index in [1.165, 1.54) is 29.5 Å². The average molecular weight is 414 g/mol. The van der Waals surface area contributed by atoms with Crippen LogP contribution in [0.3, 0.4) is 0 Å². The van der Waals surface area contributed by atoms with Crippen molar-refractivity contribution in [3.05, 3.63) is 81.0 Å². The number of hydrogen-bond donors (Lipinski definition) is 2. The molecule has 1 atom stereocenters. The fourth-order valence-electron chi connectivity index (χ4n) is 2.35. The lowest BCUT2D eigenvalue weighted by Crippen LogP contribution is -2.25. The van der Waals surface area contributed by atoms with Crippen molar-refractivity contribution in [1.82, 2.24) is 0 Å². The molecule has 0 spiro atoms. The van der Waals surface area contributed by atoms with E-state index in [0.717, 1.165) is 0 Å². The highest BCUT2D eigenvalue weighted by Gasteiger charge is 2.11. The summed E-state index contributed by atoms with van der Waals surface area (Å²) < 4.78 is 10.9. The number of rotatable bonds is 9. The molecule has 2 N–H and O–H groups in total. The Morgan fingerprint density at radius 2 is 1.79 bits per heavy atom. The van der Waals surface area contributed by atoms with Crippen LogP contribution in [0.5, 0.6) is 11.5 Å². The van der Waals surface area contributed by atoms with Crippen molar-refractivity contribution >= 4 is 28.6 Å². The Kier molecular flexibility index (Phi) is 6.77. The maximum absolute atomic E-state index is 12.0. The van der Waals surface area contributed by atoms with Crippen molar-refractivity contribution in [1.29, 1.82) is 0 Å². The molecular formula is C20H18N2O6S. The molecule has 2 aromatic carbocycles. The second-order valence-electron chi connectivity index (χ2n) is 5.99. The molecule has 8 nitrogen and oxygen atoms in total. The normalized spacial score (nSPS) is 11.5. The van der Waals surface area contributed by atoms with Crippen LogP contribution in [0, 0.1) is 10.1 Å². The number of nitro groups is 1. The van der Waals surface area contributed by atoms with E-state index in [4.69, 9.17) is 9.47 Å². The molecule has 0 fully saturated rings. The topological polar surface area (TPSA) is 111 Å². The van der Waals surface area contributed by atoms with Crippen LogP contribution in [0.4, 0.5) is 11.4 Å². The minimum Gasteiger partial charge on any atom is -0.491 e. The summed E-state index contributed by atoms with van der Waals surface area (Å²) >= 11 is 1.36. The quantitative estimate of drug-likeness (QED) is 0.408. The molecule has 1 amide bonds. The Morgan fingerprint density at radius 3 is 2.45 bits per heavy atom. The Labute approximate surface area is 170 Å². The van der Waals surface area contributed by atoms with Gasteiger partial charge in [-0.3, -0.25) is 14.9 Å². The van der Waals surface area contributed by atoms with Gasteiger partial charge in [-0.05, 0) is 41.8 Å². The second kappa shape index (κ2) is 9.67. The molecule has 0 bridgehead atoms. The van der Waals surface area contributed by atoms with Crippen LogP contribution in [0.25, 0.3) is 0 Å². The number of nitrogens with one attached hydrogen (secondary N) is 1. The number of amides is 1. The van der Waals surface area contributed by atoms with Crippen molar-refractivity contribution in [2.45, 2.75) is 6.10 Å². The third-order valence-electron chi connectivity index (χ3n) is 3.77. The van der Waals surface area contributed by atoms with Gasteiger partial charge in [-0.15, -0.1) is 11.3 Å². The first-order valence-corrected chi connectivity index (χ1v) is 9.52. The molecule has 1 heterocycles. The van der Waals surface area contributed by atoms with Crippen LogP contribution < -0.4 is 14.8 Å². The second-order valence-corrected chi connectivity index (χ2v) is 6.93. The fourth-order valence-corrected chi connectivity index (χ4v) is 2.97. The molecule has 0 aliphatic rings. The highest BCUT2D eigenvalue weighted by molar-refractivity contribution is 7.12. The summed E-state index contributed by atoms with van der Waals surface area (Å²) in [6.45, 7) is -0.0913. The molecule has 1 unspecified atom stereocenters. The molecule has 0 saturated carbocycles. The molecule has 0 aliphatic heterocycles. The van der Waals surface area contributed by atoms with Gasteiger partial charge in [-0.1, -0.05) is 12.1 Å². The number of non-ortho nitro benzene ring substituents is 1. The number of carbonyl (C=O) groups excluding carboxylic acids is 1. The van der Waals surface area contributed by atoms with Gasteiger partial charge >= 0.3 is 0 Å². The Bertz CT molecular complexity index is 959. The molecule has 0 radical (unpaired) electrons. The molecule has 1 aromatic heterocycles. The number of carbonyl (C=O) groups is 1. The summed E-state index contributed by atoms with van der Waals surface area (Å²) in [4.78, 5) is 22.9. The van der Waals surface area contributed by atoms with E-state index < -0.39 is 11.0 Å². The van der Waals surface area contributed by atoms with Crippen LogP contribution >= 0.6 is 11.3 Å². The van der Waals surface area contributed by atoms with E-state index in [1.807, 2.05) is 11.4 Å². The molecule has 9 heteroatoms. The Morgan fingerprint density at radius 1 is 1.07 bits per heavy atom. The first-order chi connectivity index (χ1) is 14.0. The van der Waals surface area contributed by atoms with Gasteiger partial charge in [0, 0.05) is 11.8 Å². The SMILES string of the molecule is O=C(Nc1ccc(OCC(O)COc2cccc([N+](=O)[O-])c2)cc1)c1cccs1. The first kappa shape index (κ1) is 20.3. The zero-order valence-electron chi connectivity index (χ0n) is 15.2. The molecule has 150 valence electrons. The Balaban J connectivity index is 1.44. The van der Waals surface area contributed by atoms with Gasteiger partial charge in [-0.2, -0.15) is 0 Å². The van der Waals surface area contributed by atoms with Gasteiger partial charge in [0.05, 0.1) is 15.9 Å². The number of benzene rings is 2.